The molecule has 2 aromatic carbocycles. The first kappa shape index (κ1) is 29.4. The van der Waals surface area contributed by atoms with Crippen molar-refractivity contribution in [3.8, 4) is 5.75 Å². The topological polar surface area (TPSA) is 135 Å². The number of unbranched alkanes of at least 4 members (excludes halogenated alkanes) is 1. The van der Waals surface area contributed by atoms with Crippen LogP contribution in [-0.4, -0.2) is 46.1 Å². The molecule has 9 heteroatoms. The highest BCUT2D eigenvalue weighted by atomic mass is 32.3. The number of rotatable bonds is 9. The molecule has 0 saturated carbocycles. The quantitative estimate of drug-likeness (QED) is 0.256. The van der Waals surface area contributed by atoms with Crippen molar-refractivity contribution in [2.24, 2.45) is 0 Å². The fourth-order valence-corrected chi connectivity index (χ4v) is 7.65. The van der Waals surface area contributed by atoms with Gasteiger partial charge in [0.25, 0.3) is 0 Å². The van der Waals surface area contributed by atoms with Gasteiger partial charge < -0.3 is 20.9 Å². The standard InChI is InChI=1S/C28H40N2O5S.H3N/c1-4-6-14-28(5-2)19-36(32,33)25-16-21(18-35-27(31)23-13-10-15-29-23)24(34-3)17-22(25)26(30-28)20-11-8-7-9-12-20;/h7-9,11-12,16-17,23,26,29-30,32-33H,4-6,10,13-15,18-19H2,1-3H3;1H3/t23-,26+,28+;/m0./s1. The Morgan fingerprint density at radius 1 is 1.19 bits per heavy atom. The summed E-state index contributed by atoms with van der Waals surface area (Å²) in [5.74, 6) is 0.519. The molecule has 0 amide bonds. The number of fused-ring (bicyclic) bond motifs is 1. The number of benzene rings is 2. The maximum atomic E-state index is 12.5. The van der Waals surface area contributed by atoms with E-state index < -0.39 is 16.1 Å². The van der Waals surface area contributed by atoms with Gasteiger partial charge in [0.15, 0.2) is 0 Å². The Kier molecular flexibility index (Phi) is 10.0. The number of hydrogen-bond acceptors (Lipinski definition) is 8. The molecule has 1 saturated heterocycles. The summed E-state index contributed by atoms with van der Waals surface area (Å²) in [5.41, 5.74) is 2.05. The average Bonchev–Trinajstić information content (AvgIpc) is 3.41. The van der Waals surface area contributed by atoms with Crippen LogP contribution in [0.2, 0.25) is 0 Å². The van der Waals surface area contributed by atoms with Crippen molar-refractivity contribution in [3.05, 3.63) is 59.2 Å². The van der Waals surface area contributed by atoms with Crippen molar-refractivity contribution < 1.29 is 23.4 Å². The molecule has 2 aromatic rings. The Labute approximate surface area is 222 Å². The van der Waals surface area contributed by atoms with Crippen LogP contribution >= 0.6 is 10.6 Å². The fraction of sp³-hybridized carbons (Fsp3) is 0.536. The van der Waals surface area contributed by atoms with E-state index in [0.717, 1.165) is 56.2 Å². The lowest BCUT2D eigenvalue weighted by Gasteiger charge is -2.42. The maximum absolute atomic E-state index is 12.5. The Hall–Kier alpha value is -2.14. The lowest BCUT2D eigenvalue weighted by molar-refractivity contribution is -0.147. The van der Waals surface area contributed by atoms with Gasteiger partial charge in [0.1, 0.15) is 18.4 Å². The normalized spacial score (nSPS) is 25.3. The third-order valence-corrected chi connectivity index (χ3v) is 9.55. The Morgan fingerprint density at radius 2 is 1.95 bits per heavy atom. The van der Waals surface area contributed by atoms with Crippen LogP contribution in [0.4, 0.5) is 0 Å². The van der Waals surface area contributed by atoms with Crippen molar-refractivity contribution in [1.82, 2.24) is 16.8 Å². The number of ether oxygens (including phenoxy) is 2. The number of carbonyl (C=O) groups excluding carboxylic acids is 1. The summed E-state index contributed by atoms with van der Waals surface area (Å²) in [7, 11) is -1.56. The van der Waals surface area contributed by atoms with Gasteiger partial charge in [-0.15, -0.1) is 0 Å². The molecule has 37 heavy (non-hydrogen) atoms. The Morgan fingerprint density at radius 3 is 2.57 bits per heavy atom. The van der Waals surface area contributed by atoms with E-state index >= 15 is 0 Å². The molecule has 0 spiro atoms. The van der Waals surface area contributed by atoms with Gasteiger partial charge in [-0.2, -0.15) is 10.6 Å². The van der Waals surface area contributed by atoms with Crippen molar-refractivity contribution in [1.29, 1.82) is 0 Å². The molecule has 3 atom stereocenters. The van der Waals surface area contributed by atoms with Crippen molar-refractivity contribution in [2.45, 2.75) is 81.5 Å². The van der Waals surface area contributed by atoms with Crippen LogP contribution in [0, 0.1) is 0 Å². The first-order chi connectivity index (χ1) is 17.3. The second-order valence-corrected chi connectivity index (χ2v) is 12.1. The van der Waals surface area contributed by atoms with E-state index in [1.807, 2.05) is 24.3 Å². The summed E-state index contributed by atoms with van der Waals surface area (Å²) >= 11 is 0. The number of hydrogen-bond donors (Lipinski definition) is 5. The predicted octanol–water partition coefficient (Wildman–Crippen LogP) is 5.79. The molecule has 0 radical (unpaired) electrons. The summed E-state index contributed by atoms with van der Waals surface area (Å²) in [5, 5.41) is 7.01. The van der Waals surface area contributed by atoms with E-state index in [2.05, 4.69) is 36.6 Å². The van der Waals surface area contributed by atoms with E-state index in [9.17, 15) is 13.9 Å². The monoisotopic (exact) mass is 533 g/mol. The molecule has 0 aromatic heterocycles. The molecular formula is C28H43N3O5S. The smallest absolute Gasteiger partial charge is 0.323 e. The molecule has 206 valence electrons. The highest BCUT2D eigenvalue weighted by Crippen LogP contribution is 2.58. The van der Waals surface area contributed by atoms with Gasteiger partial charge in [-0.3, -0.25) is 19.2 Å². The van der Waals surface area contributed by atoms with Crippen LogP contribution in [0.15, 0.2) is 47.4 Å². The minimum Gasteiger partial charge on any atom is -0.496 e. The Balaban J connectivity index is 0.00000380. The van der Waals surface area contributed by atoms with Gasteiger partial charge in [0, 0.05) is 16.7 Å². The van der Waals surface area contributed by atoms with E-state index in [4.69, 9.17) is 9.47 Å². The van der Waals surface area contributed by atoms with Gasteiger partial charge in [0.2, 0.25) is 0 Å². The van der Waals surface area contributed by atoms with E-state index in [-0.39, 0.29) is 36.6 Å². The number of esters is 1. The summed E-state index contributed by atoms with van der Waals surface area (Å²) in [6.07, 6.45) is 5.37. The first-order valence-corrected chi connectivity index (χ1v) is 14.7. The zero-order valence-electron chi connectivity index (χ0n) is 22.3. The van der Waals surface area contributed by atoms with Crippen LogP contribution in [-0.2, 0) is 16.1 Å². The third kappa shape index (κ3) is 6.47. The zero-order valence-corrected chi connectivity index (χ0v) is 23.1. The number of methoxy groups -OCH3 is 1. The summed E-state index contributed by atoms with van der Waals surface area (Å²) in [4.78, 5) is 13.0. The lowest BCUT2D eigenvalue weighted by Crippen LogP contribution is -2.49. The van der Waals surface area contributed by atoms with Crippen LogP contribution in [0.3, 0.4) is 0 Å². The second kappa shape index (κ2) is 12.6. The number of carbonyl (C=O) groups is 1. The molecule has 4 rings (SSSR count). The average molecular weight is 534 g/mol. The largest absolute Gasteiger partial charge is 0.496 e. The fourth-order valence-electron chi connectivity index (χ4n) is 5.40. The molecule has 7 N–H and O–H groups in total. The van der Waals surface area contributed by atoms with Crippen LogP contribution in [0.1, 0.15) is 75.1 Å². The second-order valence-electron chi connectivity index (χ2n) is 10.00. The van der Waals surface area contributed by atoms with Gasteiger partial charge in [0.05, 0.1) is 23.8 Å². The molecule has 0 unspecified atom stereocenters. The third-order valence-electron chi connectivity index (χ3n) is 7.54. The molecule has 2 aliphatic heterocycles. The van der Waals surface area contributed by atoms with Gasteiger partial charge in [-0.25, -0.2) is 0 Å². The maximum Gasteiger partial charge on any atom is 0.323 e. The van der Waals surface area contributed by atoms with Crippen molar-refractivity contribution in [3.63, 3.8) is 0 Å². The molecule has 2 heterocycles. The van der Waals surface area contributed by atoms with Gasteiger partial charge in [-0.1, -0.05) is 57.0 Å². The lowest BCUT2D eigenvalue weighted by atomic mass is 9.88. The predicted molar refractivity (Wildman–Crippen MR) is 149 cm³/mol. The van der Waals surface area contributed by atoms with E-state index in [1.165, 1.54) is 0 Å². The molecule has 8 nitrogen and oxygen atoms in total. The Bertz CT molecular complexity index is 1050. The highest BCUT2D eigenvalue weighted by Gasteiger charge is 2.42. The molecule has 0 bridgehead atoms. The zero-order chi connectivity index (χ0) is 25.8. The van der Waals surface area contributed by atoms with Gasteiger partial charge in [-0.05, 0) is 49.9 Å². The van der Waals surface area contributed by atoms with Crippen LogP contribution in [0.25, 0.3) is 0 Å². The number of nitrogens with one attached hydrogen (secondary N) is 2. The summed E-state index contributed by atoms with van der Waals surface area (Å²) < 4.78 is 34.6. The van der Waals surface area contributed by atoms with Crippen LogP contribution < -0.4 is 21.5 Å². The molecular weight excluding hydrogens is 490 g/mol. The summed E-state index contributed by atoms with van der Waals surface area (Å²) in [6, 6.07) is 13.3. The van der Waals surface area contributed by atoms with E-state index in [1.54, 1.807) is 13.2 Å². The van der Waals surface area contributed by atoms with Crippen molar-refractivity contribution >= 4 is 16.6 Å². The minimum atomic E-state index is -3.14. The SMILES string of the molecule is CCCC[C@]1(CC)CS(O)(O)c2cc(COC(=O)[C@@H]3CCCN3)c(OC)cc2[C@@H](c2ccccc2)N1.N. The minimum absolute atomic E-state index is 0. The first-order valence-electron chi connectivity index (χ1n) is 13.0. The van der Waals surface area contributed by atoms with E-state index in [0.29, 0.717) is 16.2 Å². The molecule has 2 aliphatic rings. The van der Waals surface area contributed by atoms with Gasteiger partial charge >= 0.3 is 5.97 Å². The molecule has 0 aliphatic carbocycles. The van der Waals surface area contributed by atoms with Crippen LogP contribution in [0.5, 0.6) is 5.75 Å². The highest BCUT2D eigenvalue weighted by molar-refractivity contribution is 8.24. The molecule has 1 fully saturated rings. The van der Waals surface area contributed by atoms with Crippen molar-refractivity contribution in [2.75, 3.05) is 19.4 Å². The summed E-state index contributed by atoms with van der Waals surface area (Å²) in [6.45, 7) is 5.09.